The highest BCUT2D eigenvalue weighted by atomic mass is 35.5. The van der Waals surface area contributed by atoms with Gasteiger partial charge < -0.3 is 11.1 Å². The lowest BCUT2D eigenvalue weighted by atomic mass is 9.96. The molecule has 212 valence electrons. The summed E-state index contributed by atoms with van der Waals surface area (Å²) in [5, 5.41) is 29.4. The van der Waals surface area contributed by atoms with Gasteiger partial charge in [-0.15, -0.1) is 10.2 Å². The number of nitrogens with one attached hydrogen (secondary N) is 2. The first kappa shape index (κ1) is 30.3. The lowest BCUT2D eigenvalue weighted by Crippen LogP contribution is -2.23. The van der Waals surface area contributed by atoms with Crippen LogP contribution in [-0.4, -0.2) is 34.8 Å². The maximum Gasteiger partial charge on any atom is 0.263 e. The molecule has 1 atom stereocenters. The fraction of sp³-hybridized carbons (Fsp3) is 0.143. The zero-order chi connectivity index (χ0) is 30.4. The number of nitrogens with two attached hydrogens (primary N) is 1. The van der Waals surface area contributed by atoms with Crippen molar-refractivity contribution in [3.8, 4) is 23.3 Å². The molecule has 0 aliphatic rings. The Kier molecular flexibility index (Phi) is 9.28. The number of amides is 1. The molecule has 0 bridgehead atoms. The van der Waals surface area contributed by atoms with Crippen LogP contribution in [0.25, 0.3) is 11.1 Å². The Labute approximate surface area is 251 Å². The summed E-state index contributed by atoms with van der Waals surface area (Å²) in [6.07, 6.45) is 0.830. The molecule has 0 fully saturated rings. The molecule has 42 heavy (non-hydrogen) atoms. The molecule has 4 N–H and O–H groups in total. The number of nitriles is 2. The number of hydrogen-bond acceptors (Lipinski definition) is 10. The van der Waals surface area contributed by atoms with Crippen LogP contribution in [0.15, 0.2) is 70.6 Å². The summed E-state index contributed by atoms with van der Waals surface area (Å²) >= 11 is 6.70. The average Bonchev–Trinajstić information content (AvgIpc) is 2.98. The fourth-order valence-corrected chi connectivity index (χ4v) is 5.84. The van der Waals surface area contributed by atoms with E-state index in [4.69, 9.17) is 17.3 Å². The molecule has 0 spiro atoms. The second-order valence-electron chi connectivity index (χ2n) is 8.82. The normalized spacial score (nSPS) is 11.6. The van der Waals surface area contributed by atoms with E-state index >= 15 is 0 Å². The number of pyridine rings is 1. The van der Waals surface area contributed by atoms with Gasteiger partial charge in [0.15, 0.2) is 11.0 Å². The Morgan fingerprint density at radius 1 is 1.02 bits per heavy atom. The van der Waals surface area contributed by atoms with Crippen LogP contribution in [0.4, 0.5) is 17.3 Å². The van der Waals surface area contributed by atoms with Crippen molar-refractivity contribution in [3.63, 3.8) is 0 Å². The number of hydrogen-bond donors (Lipinski definition) is 3. The summed E-state index contributed by atoms with van der Waals surface area (Å²) in [6, 6.07) is 19.9. The molecule has 0 radical (unpaired) electrons. The quantitative estimate of drug-likeness (QED) is 0.215. The molecule has 4 rings (SSSR count). The van der Waals surface area contributed by atoms with Gasteiger partial charge in [-0.05, 0) is 60.9 Å². The second kappa shape index (κ2) is 12.9. The van der Waals surface area contributed by atoms with Gasteiger partial charge in [0, 0.05) is 11.3 Å². The third kappa shape index (κ3) is 6.78. The Morgan fingerprint density at radius 3 is 2.26 bits per heavy atom. The highest BCUT2D eigenvalue weighted by molar-refractivity contribution is 8.00. The third-order valence-electron chi connectivity index (χ3n) is 6.03. The molecule has 2 heterocycles. The van der Waals surface area contributed by atoms with Crippen LogP contribution in [0, 0.1) is 22.7 Å². The smallest absolute Gasteiger partial charge is 0.263 e. The number of anilines is 3. The molecule has 1 amide bonds. The minimum atomic E-state index is -3.96. The summed E-state index contributed by atoms with van der Waals surface area (Å²) in [6.45, 7) is 3.65. The van der Waals surface area contributed by atoms with Crippen molar-refractivity contribution in [1.82, 2.24) is 15.2 Å². The molecule has 0 saturated heterocycles. The molecule has 14 heteroatoms. The number of carbonyl (C=O) groups is 1. The largest absolute Gasteiger partial charge is 0.383 e. The average molecular weight is 619 g/mol. The van der Waals surface area contributed by atoms with Crippen LogP contribution >= 0.6 is 23.4 Å². The minimum absolute atomic E-state index is 0.00227. The van der Waals surface area contributed by atoms with Crippen LogP contribution in [0.3, 0.4) is 0 Å². The van der Waals surface area contributed by atoms with Crippen LogP contribution in [0.5, 0.6) is 0 Å². The monoisotopic (exact) mass is 618 g/mol. The van der Waals surface area contributed by atoms with E-state index in [-0.39, 0.29) is 37.8 Å². The lowest BCUT2D eigenvalue weighted by Gasteiger charge is -2.16. The van der Waals surface area contributed by atoms with Crippen molar-refractivity contribution in [2.75, 3.05) is 15.8 Å². The van der Waals surface area contributed by atoms with Crippen molar-refractivity contribution in [1.29, 1.82) is 10.5 Å². The molecule has 1 unspecified atom stereocenters. The van der Waals surface area contributed by atoms with E-state index in [2.05, 4.69) is 31.3 Å². The zero-order valence-electron chi connectivity index (χ0n) is 22.3. The summed E-state index contributed by atoms with van der Waals surface area (Å²) in [5.74, 6) is -0.471. The fourth-order valence-electron chi connectivity index (χ4n) is 3.83. The van der Waals surface area contributed by atoms with Gasteiger partial charge in [-0.3, -0.25) is 9.52 Å². The Bertz CT molecular complexity index is 1820. The molecular formula is C28H23ClN8O3S2. The molecular weight excluding hydrogens is 596 g/mol. The topological polar surface area (TPSA) is 188 Å². The number of aryl methyl sites for hydroxylation is 1. The highest BCUT2D eigenvalue weighted by Crippen LogP contribution is 2.37. The summed E-state index contributed by atoms with van der Waals surface area (Å²) < 4.78 is 27.6. The number of sulfonamides is 1. The second-order valence-corrected chi connectivity index (χ2v) is 12.2. The maximum atomic E-state index is 13.0. The molecule has 0 saturated carbocycles. The van der Waals surface area contributed by atoms with Gasteiger partial charge in [-0.2, -0.15) is 10.5 Å². The van der Waals surface area contributed by atoms with Crippen molar-refractivity contribution in [2.24, 2.45) is 0 Å². The van der Waals surface area contributed by atoms with Crippen molar-refractivity contribution < 1.29 is 13.2 Å². The first-order valence-corrected chi connectivity index (χ1v) is 15.1. The van der Waals surface area contributed by atoms with Crippen molar-refractivity contribution >= 4 is 56.6 Å². The first-order valence-electron chi connectivity index (χ1n) is 12.4. The van der Waals surface area contributed by atoms with E-state index in [1.54, 1.807) is 6.92 Å². The van der Waals surface area contributed by atoms with Crippen LogP contribution < -0.4 is 15.8 Å². The molecule has 2 aromatic carbocycles. The first-order chi connectivity index (χ1) is 20.1. The number of carbonyl (C=O) groups excluding carboxylic acids is 1. The van der Waals surface area contributed by atoms with Crippen molar-refractivity contribution in [2.45, 2.75) is 35.4 Å². The zero-order valence-corrected chi connectivity index (χ0v) is 24.7. The third-order valence-corrected chi connectivity index (χ3v) is 8.69. The van der Waals surface area contributed by atoms with Gasteiger partial charge in [0.05, 0.1) is 15.7 Å². The molecule has 4 aromatic rings. The molecule has 0 aliphatic carbocycles. The SMILES string of the molecule is CCc1ccc(-c2c(C#N)c(N)nc(SC(C)C(=O)Nc3ccc(S(=O)(=O)Nc4ccc(Cl)nn4)cc3)c2C#N)cc1. The predicted octanol–water partition coefficient (Wildman–Crippen LogP) is 5.00. The Hall–Kier alpha value is -4.69. The summed E-state index contributed by atoms with van der Waals surface area (Å²) in [7, 11) is -3.96. The Morgan fingerprint density at radius 2 is 1.69 bits per heavy atom. The summed E-state index contributed by atoms with van der Waals surface area (Å²) in [5.41, 5.74) is 8.78. The van der Waals surface area contributed by atoms with E-state index in [9.17, 15) is 23.7 Å². The van der Waals surface area contributed by atoms with E-state index in [1.807, 2.05) is 37.3 Å². The minimum Gasteiger partial charge on any atom is -0.383 e. The van der Waals surface area contributed by atoms with Crippen LogP contribution in [0.1, 0.15) is 30.5 Å². The van der Waals surface area contributed by atoms with Crippen LogP contribution in [-0.2, 0) is 21.2 Å². The van der Waals surface area contributed by atoms with E-state index in [0.29, 0.717) is 16.8 Å². The van der Waals surface area contributed by atoms with Crippen molar-refractivity contribution in [3.05, 3.63) is 82.5 Å². The number of halogens is 1. The predicted molar refractivity (Wildman–Crippen MR) is 161 cm³/mol. The van der Waals surface area contributed by atoms with Crippen LogP contribution in [0.2, 0.25) is 5.15 Å². The molecule has 11 nitrogen and oxygen atoms in total. The van der Waals surface area contributed by atoms with E-state index < -0.39 is 21.2 Å². The summed E-state index contributed by atoms with van der Waals surface area (Å²) in [4.78, 5) is 17.2. The standard InChI is InChI=1S/C28H23ClN8O3S2/c1-3-17-4-6-18(7-5-17)25-21(14-30)26(32)34-28(22(25)15-31)41-16(2)27(38)33-19-8-10-20(11-9-19)42(39,40)37-24-13-12-23(29)35-36-24/h4-13,16H,3H2,1-2H3,(H2,32,34)(H,33,38)(H,36,37). The number of nitrogen functional groups attached to an aromatic ring is 1. The van der Waals surface area contributed by atoms with Gasteiger partial charge in [-0.25, -0.2) is 13.4 Å². The number of nitrogens with zero attached hydrogens (tertiary/aromatic N) is 5. The van der Waals surface area contributed by atoms with Gasteiger partial charge in [0.25, 0.3) is 10.0 Å². The van der Waals surface area contributed by atoms with Gasteiger partial charge in [-0.1, -0.05) is 54.6 Å². The van der Waals surface area contributed by atoms with E-state index in [0.717, 1.165) is 23.7 Å². The lowest BCUT2D eigenvalue weighted by molar-refractivity contribution is -0.115. The number of benzene rings is 2. The number of rotatable bonds is 9. The van der Waals surface area contributed by atoms with E-state index in [1.165, 1.54) is 36.4 Å². The number of thioether (sulfide) groups is 1. The maximum absolute atomic E-state index is 13.0. The molecule has 0 aliphatic heterocycles. The Balaban J connectivity index is 1.52. The van der Waals surface area contributed by atoms with Gasteiger partial charge in [0.1, 0.15) is 28.5 Å². The number of aromatic nitrogens is 3. The molecule has 2 aromatic heterocycles. The highest BCUT2D eigenvalue weighted by Gasteiger charge is 2.24. The van der Waals surface area contributed by atoms with Gasteiger partial charge >= 0.3 is 0 Å². The van der Waals surface area contributed by atoms with Gasteiger partial charge in [0.2, 0.25) is 5.91 Å².